The molecule has 0 heterocycles. The second-order valence-electron chi connectivity index (χ2n) is 4.20. The molecule has 0 aliphatic heterocycles. The third-order valence-corrected chi connectivity index (χ3v) is 4.24. The number of nitrogens with two attached hydrogens (primary N) is 1. The lowest BCUT2D eigenvalue weighted by molar-refractivity contribution is 0.0799. The van der Waals surface area contributed by atoms with Gasteiger partial charge in [-0.25, -0.2) is 17.5 Å². The van der Waals surface area contributed by atoms with E-state index in [-0.39, 0.29) is 29.8 Å². The van der Waals surface area contributed by atoms with Crippen LogP contribution >= 0.6 is 11.6 Å². The molecule has 20 heavy (non-hydrogen) atoms. The van der Waals surface area contributed by atoms with Gasteiger partial charge in [-0.05, 0) is 26.0 Å². The van der Waals surface area contributed by atoms with Crippen molar-refractivity contribution in [3.63, 3.8) is 0 Å². The van der Waals surface area contributed by atoms with E-state index < -0.39 is 20.7 Å². The lowest BCUT2D eigenvalue weighted by atomic mass is 10.2. The fourth-order valence-electron chi connectivity index (χ4n) is 1.61. The van der Waals surface area contributed by atoms with Gasteiger partial charge in [0, 0.05) is 30.3 Å². The van der Waals surface area contributed by atoms with Gasteiger partial charge in [0.1, 0.15) is 10.7 Å². The second kappa shape index (κ2) is 7.33. The molecule has 3 N–H and O–H groups in total. The zero-order chi connectivity index (χ0) is 15.3. The maximum absolute atomic E-state index is 14.0. The predicted octanol–water partition coefficient (Wildman–Crippen LogP) is 1.64. The first-order chi connectivity index (χ1) is 9.31. The SMILES string of the molecule is CCOC(C)CNS(=O)(=O)c1cc(Cl)cc(CN)c1F. The maximum Gasteiger partial charge on any atom is 0.243 e. The Kier molecular flexibility index (Phi) is 6.35. The Morgan fingerprint density at radius 3 is 2.70 bits per heavy atom. The highest BCUT2D eigenvalue weighted by Gasteiger charge is 2.22. The van der Waals surface area contributed by atoms with Crippen molar-refractivity contribution in [2.75, 3.05) is 13.2 Å². The monoisotopic (exact) mass is 324 g/mol. The summed E-state index contributed by atoms with van der Waals surface area (Å²) in [6.45, 7) is 3.89. The lowest BCUT2D eigenvalue weighted by Gasteiger charge is -2.14. The standard InChI is InChI=1S/C12H18ClFN2O3S/c1-3-19-8(2)7-16-20(17,18)11-5-10(13)4-9(6-15)12(11)14/h4-5,8,16H,3,6-7,15H2,1-2H3. The normalized spacial score (nSPS) is 13.4. The van der Waals surface area contributed by atoms with E-state index >= 15 is 0 Å². The van der Waals surface area contributed by atoms with Crippen molar-refractivity contribution in [2.24, 2.45) is 5.73 Å². The van der Waals surface area contributed by atoms with Gasteiger partial charge in [-0.1, -0.05) is 11.6 Å². The zero-order valence-corrected chi connectivity index (χ0v) is 12.9. The van der Waals surface area contributed by atoms with Crippen LogP contribution in [0.25, 0.3) is 0 Å². The Hall–Kier alpha value is -0.730. The largest absolute Gasteiger partial charge is 0.377 e. The molecule has 0 aromatic heterocycles. The molecule has 0 spiro atoms. The summed E-state index contributed by atoms with van der Waals surface area (Å²) in [4.78, 5) is -0.505. The molecule has 0 saturated carbocycles. The van der Waals surface area contributed by atoms with Crippen LogP contribution in [0.3, 0.4) is 0 Å². The van der Waals surface area contributed by atoms with Gasteiger partial charge in [-0.15, -0.1) is 0 Å². The Bertz CT molecular complexity index is 566. The smallest absolute Gasteiger partial charge is 0.243 e. The molecular formula is C12H18ClFN2O3S. The molecule has 1 aromatic carbocycles. The maximum atomic E-state index is 14.0. The third-order valence-electron chi connectivity index (χ3n) is 2.60. The van der Waals surface area contributed by atoms with Gasteiger partial charge in [-0.2, -0.15) is 0 Å². The van der Waals surface area contributed by atoms with E-state index in [1.807, 2.05) is 0 Å². The number of hydrogen-bond acceptors (Lipinski definition) is 4. The van der Waals surface area contributed by atoms with Crippen LogP contribution < -0.4 is 10.5 Å². The highest BCUT2D eigenvalue weighted by molar-refractivity contribution is 7.89. The summed E-state index contributed by atoms with van der Waals surface area (Å²) in [6.07, 6.45) is -0.314. The summed E-state index contributed by atoms with van der Waals surface area (Å²) >= 11 is 5.78. The minimum absolute atomic E-state index is 0.0418. The van der Waals surface area contributed by atoms with E-state index in [0.29, 0.717) is 6.61 Å². The van der Waals surface area contributed by atoms with Crippen LogP contribution in [0.15, 0.2) is 17.0 Å². The Balaban J connectivity index is 3.01. The number of rotatable bonds is 7. The highest BCUT2D eigenvalue weighted by atomic mass is 35.5. The second-order valence-corrected chi connectivity index (χ2v) is 6.37. The van der Waals surface area contributed by atoms with Gasteiger partial charge in [-0.3, -0.25) is 0 Å². The van der Waals surface area contributed by atoms with E-state index in [9.17, 15) is 12.8 Å². The third kappa shape index (κ3) is 4.39. The molecule has 0 amide bonds. The van der Waals surface area contributed by atoms with Gasteiger partial charge in [0.05, 0.1) is 6.10 Å². The van der Waals surface area contributed by atoms with Gasteiger partial charge in [0.2, 0.25) is 10.0 Å². The molecule has 1 rings (SSSR count). The molecule has 0 aliphatic rings. The van der Waals surface area contributed by atoms with Crippen molar-refractivity contribution in [2.45, 2.75) is 31.4 Å². The quantitative estimate of drug-likeness (QED) is 0.799. The Labute approximate surface area is 123 Å². The Morgan fingerprint density at radius 2 is 2.15 bits per heavy atom. The van der Waals surface area contributed by atoms with Crippen LogP contribution in [0.4, 0.5) is 4.39 Å². The molecule has 0 aliphatic carbocycles. The number of benzene rings is 1. The molecule has 5 nitrogen and oxygen atoms in total. The van der Waals surface area contributed by atoms with E-state index in [4.69, 9.17) is 22.1 Å². The summed E-state index contributed by atoms with van der Waals surface area (Å²) in [7, 11) is -4.00. The Morgan fingerprint density at radius 1 is 1.50 bits per heavy atom. The molecule has 1 aromatic rings. The van der Waals surface area contributed by atoms with Crippen molar-refractivity contribution in [3.05, 3.63) is 28.5 Å². The van der Waals surface area contributed by atoms with E-state index in [0.717, 1.165) is 6.07 Å². The molecule has 0 saturated heterocycles. The van der Waals surface area contributed by atoms with Crippen molar-refractivity contribution < 1.29 is 17.5 Å². The fourth-order valence-corrected chi connectivity index (χ4v) is 3.17. The molecular weight excluding hydrogens is 307 g/mol. The predicted molar refractivity (Wildman–Crippen MR) is 75.6 cm³/mol. The molecule has 0 radical (unpaired) electrons. The topological polar surface area (TPSA) is 81.4 Å². The number of nitrogens with one attached hydrogen (secondary N) is 1. The minimum Gasteiger partial charge on any atom is -0.377 e. The molecule has 0 fully saturated rings. The van der Waals surface area contributed by atoms with E-state index in [1.165, 1.54) is 6.07 Å². The van der Waals surface area contributed by atoms with E-state index in [1.54, 1.807) is 13.8 Å². The number of halogens is 2. The lowest BCUT2D eigenvalue weighted by Crippen LogP contribution is -2.32. The van der Waals surface area contributed by atoms with Gasteiger partial charge in [0.15, 0.2) is 0 Å². The molecule has 114 valence electrons. The average Bonchev–Trinajstić information content (AvgIpc) is 2.39. The van der Waals surface area contributed by atoms with Crippen LogP contribution in [0.2, 0.25) is 5.02 Å². The summed E-state index contributed by atoms with van der Waals surface area (Å²) in [5.74, 6) is -0.881. The van der Waals surface area contributed by atoms with Crippen molar-refractivity contribution >= 4 is 21.6 Å². The molecule has 0 bridgehead atoms. The van der Waals surface area contributed by atoms with Gasteiger partial charge >= 0.3 is 0 Å². The zero-order valence-electron chi connectivity index (χ0n) is 11.3. The highest BCUT2D eigenvalue weighted by Crippen LogP contribution is 2.23. The van der Waals surface area contributed by atoms with Gasteiger partial charge in [0.25, 0.3) is 0 Å². The van der Waals surface area contributed by atoms with Crippen molar-refractivity contribution in [3.8, 4) is 0 Å². The summed E-state index contributed by atoms with van der Waals surface area (Å²) in [5.41, 5.74) is 5.41. The first-order valence-electron chi connectivity index (χ1n) is 6.11. The minimum atomic E-state index is -4.00. The van der Waals surface area contributed by atoms with Crippen LogP contribution in [0.1, 0.15) is 19.4 Å². The van der Waals surface area contributed by atoms with Crippen LogP contribution in [-0.4, -0.2) is 27.7 Å². The van der Waals surface area contributed by atoms with Crippen LogP contribution in [0.5, 0.6) is 0 Å². The van der Waals surface area contributed by atoms with E-state index in [2.05, 4.69) is 4.72 Å². The van der Waals surface area contributed by atoms with Crippen LogP contribution in [-0.2, 0) is 21.3 Å². The van der Waals surface area contributed by atoms with Crippen molar-refractivity contribution in [1.29, 1.82) is 0 Å². The van der Waals surface area contributed by atoms with Crippen LogP contribution in [0, 0.1) is 5.82 Å². The summed E-state index contributed by atoms with van der Waals surface area (Å²) in [6, 6.07) is 2.36. The van der Waals surface area contributed by atoms with Crippen molar-refractivity contribution in [1.82, 2.24) is 4.72 Å². The molecule has 1 atom stereocenters. The molecule has 8 heteroatoms. The summed E-state index contributed by atoms with van der Waals surface area (Å²) in [5, 5.41) is 0.116. The first kappa shape index (κ1) is 17.3. The van der Waals surface area contributed by atoms with Gasteiger partial charge < -0.3 is 10.5 Å². The summed E-state index contributed by atoms with van der Waals surface area (Å²) < 4.78 is 45.7. The molecule has 1 unspecified atom stereocenters. The average molecular weight is 325 g/mol. The first-order valence-corrected chi connectivity index (χ1v) is 7.97. The number of sulfonamides is 1. The fraction of sp³-hybridized carbons (Fsp3) is 0.500. The number of hydrogen-bond donors (Lipinski definition) is 2. The number of ether oxygens (including phenoxy) is 1.